The molecule has 0 amide bonds. The van der Waals surface area contributed by atoms with Crippen LogP contribution in [-0.2, 0) is 10.0 Å². The Morgan fingerprint density at radius 1 is 1.10 bits per heavy atom. The van der Waals surface area contributed by atoms with Crippen LogP contribution in [0.1, 0.15) is 24.2 Å². The quantitative estimate of drug-likeness (QED) is 0.282. The number of carbonyl (C=O) groups is 1. The van der Waals surface area contributed by atoms with Gasteiger partial charge in [0.25, 0.3) is 5.69 Å². The Morgan fingerprint density at radius 3 is 2.07 bits per heavy atom. The molecular weight excluding hydrogens is 530 g/mol. The topological polar surface area (TPSA) is 110 Å². The molecule has 2 rings (SSSR count). The first-order valence-corrected chi connectivity index (χ1v) is 11.6. The Bertz CT molecular complexity index is 999. The minimum absolute atomic E-state index is 0.0723. The fourth-order valence-corrected chi connectivity index (χ4v) is 5.53. The summed E-state index contributed by atoms with van der Waals surface area (Å²) in [5, 5.41) is 13.8. The number of halogens is 2. The van der Waals surface area contributed by atoms with Crippen molar-refractivity contribution in [2.24, 2.45) is 0 Å². The molecule has 29 heavy (non-hydrogen) atoms. The van der Waals surface area contributed by atoms with E-state index < -0.39 is 14.9 Å². The zero-order chi connectivity index (χ0) is 21.8. The van der Waals surface area contributed by atoms with Gasteiger partial charge in [0.05, 0.1) is 22.1 Å². The normalized spacial score (nSPS) is 11.5. The summed E-state index contributed by atoms with van der Waals surface area (Å²) < 4.78 is 27.2. The third-order valence-corrected chi connectivity index (χ3v) is 7.50. The van der Waals surface area contributed by atoms with Crippen molar-refractivity contribution in [3.05, 3.63) is 61.0 Å². The summed E-state index contributed by atoms with van der Waals surface area (Å²) in [6.07, 6.45) is 0. The Kier molecular flexibility index (Phi) is 7.92. The summed E-state index contributed by atoms with van der Waals surface area (Å²) >= 11 is 6.50. The molecular formula is C18H19Br2N3O5S. The van der Waals surface area contributed by atoms with Gasteiger partial charge in [-0.15, -0.1) is 0 Å². The molecule has 0 bridgehead atoms. The van der Waals surface area contributed by atoms with E-state index in [0.29, 0.717) is 33.3 Å². The Balaban J connectivity index is 2.14. The highest BCUT2D eigenvalue weighted by Crippen LogP contribution is 2.35. The lowest BCUT2D eigenvalue weighted by atomic mass is 10.1. The van der Waals surface area contributed by atoms with Crippen molar-refractivity contribution in [1.29, 1.82) is 0 Å². The first-order valence-electron chi connectivity index (χ1n) is 8.62. The molecule has 0 heterocycles. The molecule has 2 aromatic rings. The first-order chi connectivity index (χ1) is 13.6. The molecule has 0 spiro atoms. The largest absolute Gasteiger partial charge is 0.376 e. The van der Waals surface area contributed by atoms with E-state index in [0.717, 1.165) is 0 Å². The number of rotatable bonds is 9. The minimum Gasteiger partial charge on any atom is -0.376 e. The molecule has 0 fully saturated rings. The molecule has 8 nitrogen and oxygen atoms in total. The number of non-ortho nitro benzene ring substituents is 1. The summed E-state index contributed by atoms with van der Waals surface area (Å²) in [6.45, 7) is 4.18. The average Bonchev–Trinajstić information content (AvgIpc) is 2.67. The van der Waals surface area contributed by atoms with Crippen LogP contribution in [0.3, 0.4) is 0 Å². The minimum atomic E-state index is -3.58. The molecule has 0 radical (unpaired) electrons. The number of Topliss-reactive ketones (excluding diaryl/α,β-unsaturated/α-hetero) is 1. The summed E-state index contributed by atoms with van der Waals surface area (Å²) in [4.78, 5) is 23.0. The molecule has 0 saturated heterocycles. The van der Waals surface area contributed by atoms with Crippen LogP contribution in [0, 0.1) is 10.1 Å². The second-order valence-corrected chi connectivity index (χ2v) is 9.58. The third kappa shape index (κ3) is 5.41. The van der Waals surface area contributed by atoms with Crippen LogP contribution in [0.2, 0.25) is 0 Å². The van der Waals surface area contributed by atoms with E-state index in [1.54, 1.807) is 13.8 Å². The number of nitro groups is 1. The second kappa shape index (κ2) is 9.79. The van der Waals surface area contributed by atoms with Crippen LogP contribution >= 0.6 is 31.9 Å². The van der Waals surface area contributed by atoms with Crippen LogP contribution in [0.25, 0.3) is 0 Å². The maximum absolute atomic E-state index is 12.5. The maximum Gasteiger partial charge on any atom is 0.271 e. The number of sulfonamides is 1. The van der Waals surface area contributed by atoms with Crippen molar-refractivity contribution in [1.82, 2.24) is 4.31 Å². The first kappa shape index (κ1) is 23.5. The van der Waals surface area contributed by atoms with Crippen LogP contribution in [0.5, 0.6) is 0 Å². The molecule has 0 unspecified atom stereocenters. The van der Waals surface area contributed by atoms with Crippen molar-refractivity contribution >= 4 is 59.0 Å². The highest BCUT2D eigenvalue weighted by atomic mass is 79.9. The fourth-order valence-electron chi connectivity index (χ4n) is 2.63. The predicted molar refractivity (Wildman–Crippen MR) is 118 cm³/mol. The molecule has 0 aromatic heterocycles. The number of nitro benzene ring substituents is 1. The molecule has 0 aliphatic heterocycles. The monoisotopic (exact) mass is 547 g/mol. The molecule has 0 aliphatic rings. The van der Waals surface area contributed by atoms with Gasteiger partial charge in [0.1, 0.15) is 0 Å². The number of benzene rings is 2. The number of anilines is 1. The van der Waals surface area contributed by atoms with Gasteiger partial charge in [0.15, 0.2) is 5.78 Å². The summed E-state index contributed by atoms with van der Waals surface area (Å²) in [5.74, 6) is -0.256. The highest BCUT2D eigenvalue weighted by molar-refractivity contribution is 9.11. The predicted octanol–water partition coefficient (Wildman–Crippen LogP) is 4.45. The average molecular weight is 549 g/mol. The van der Waals surface area contributed by atoms with Gasteiger partial charge in [0.2, 0.25) is 10.0 Å². The van der Waals surface area contributed by atoms with E-state index in [-0.39, 0.29) is 22.9 Å². The van der Waals surface area contributed by atoms with Gasteiger partial charge in [-0.3, -0.25) is 14.9 Å². The van der Waals surface area contributed by atoms with Crippen LogP contribution in [0.4, 0.5) is 11.4 Å². The standard InChI is InChI=1S/C18H19Br2N3O5S/c1-3-22(4-2)29(27,28)14-7-5-12(6-8-14)17(24)11-21-18-15(19)9-13(23(25)26)10-16(18)20/h5-10,21H,3-4,11H2,1-2H3. The Hall–Kier alpha value is -1.82. The second-order valence-electron chi connectivity index (χ2n) is 5.93. The van der Waals surface area contributed by atoms with E-state index in [1.807, 2.05) is 0 Å². The Labute approximate surface area is 185 Å². The fraction of sp³-hybridized carbons (Fsp3) is 0.278. The number of carbonyl (C=O) groups excluding carboxylic acids is 1. The lowest BCUT2D eigenvalue weighted by Gasteiger charge is -2.18. The summed E-state index contributed by atoms with van der Waals surface area (Å²) in [6, 6.07) is 8.45. The highest BCUT2D eigenvalue weighted by Gasteiger charge is 2.22. The zero-order valence-corrected chi connectivity index (χ0v) is 19.7. The van der Waals surface area contributed by atoms with Gasteiger partial charge in [-0.1, -0.05) is 13.8 Å². The number of nitrogens with zero attached hydrogens (tertiary/aromatic N) is 2. The van der Waals surface area contributed by atoms with Gasteiger partial charge in [-0.2, -0.15) is 4.31 Å². The van der Waals surface area contributed by atoms with E-state index in [1.165, 1.54) is 40.7 Å². The van der Waals surface area contributed by atoms with Gasteiger partial charge in [-0.25, -0.2) is 8.42 Å². The van der Waals surface area contributed by atoms with Crippen molar-refractivity contribution in [3.8, 4) is 0 Å². The number of nitrogens with one attached hydrogen (secondary N) is 1. The zero-order valence-electron chi connectivity index (χ0n) is 15.7. The molecule has 11 heteroatoms. The van der Waals surface area contributed by atoms with Gasteiger partial charge in [-0.05, 0) is 56.1 Å². The Morgan fingerprint density at radius 2 is 1.62 bits per heavy atom. The van der Waals surface area contributed by atoms with E-state index in [2.05, 4.69) is 37.2 Å². The molecule has 156 valence electrons. The lowest BCUT2D eigenvalue weighted by Crippen LogP contribution is -2.30. The van der Waals surface area contributed by atoms with Crippen molar-refractivity contribution < 1.29 is 18.1 Å². The van der Waals surface area contributed by atoms with E-state index >= 15 is 0 Å². The van der Waals surface area contributed by atoms with Crippen LogP contribution in [0.15, 0.2) is 50.2 Å². The molecule has 1 N–H and O–H groups in total. The van der Waals surface area contributed by atoms with Gasteiger partial charge >= 0.3 is 0 Å². The molecule has 2 aromatic carbocycles. The molecule has 0 saturated carbocycles. The number of hydrogen-bond donors (Lipinski definition) is 1. The van der Waals surface area contributed by atoms with Crippen LogP contribution < -0.4 is 5.32 Å². The third-order valence-electron chi connectivity index (χ3n) is 4.18. The maximum atomic E-state index is 12.5. The van der Waals surface area contributed by atoms with Crippen LogP contribution in [-0.4, -0.2) is 43.1 Å². The molecule has 0 aliphatic carbocycles. The van der Waals surface area contributed by atoms with Gasteiger partial charge in [0, 0.05) is 39.7 Å². The number of ketones is 1. The van der Waals surface area contributed by atoms with E-state index in [4.69, 9.17) is 0 Å². The van der Waals surface area contributed by atoms with Gasteiger partial charge < -0.3 is 5.32 Å². The van der Waals surface area contributed by atoms with Crippen molar-refractivity contribution in [2.45, 2.75) is 18.7 Å². The smallest absolute Gasteiger partial charge is 0.271 e. The van der Waals surface area contributed by atoms with Crippen molar-refractivity contribution in [2.75, 3.05) is 25.0 Å². The molecule has 0 atom stereocenters. The summed E-state index contributed by atoms with van der Waals surface area (Å²) in [7, 11) is -3.58. The van der Waals surface area contributed by atoms with Crippen molar-refractivity contribution in [3.63, 3.8) is 0 Å². The summed E-state index contributed by atoms with van der Waals surface area (Å²) in [5.41, 5.74) is 0.764. The number of hydrogen-bond acceptors (Lipinski definition) is 6. The lowest BCUT2D eigenvalue weighted by molar-refractivity contribution is -0.385. The SMILES string of the molecule is CCN(CC)S(=O)(=O)c1ccc(C(=O)CNc2c(Br)cc([N+](=O)[O-])cc2Br)cc1. The van der Waals surface area contributed by atoms with E-state index in [9.17, 15) is 23.3 Å².